The zero-order chi connectivity index (χ0) is 9.84. The SMILES string of the molecule is Cc1cc(OC(C)C)ccc1C#N. The van der Waals surface area contributed by atoms with Crippen molar-refractivity contribution in [3.8, 4) is 11.8 Å². The van der Waals surface area contributed by atoms with E-state index in [0.29, 0.717) is 5.56 Å². The monoisotopic (exact) mass is 175 g/mol. The molecule has 0 aliphatic heterocycles. The molecule has 0 bridgehead atoms. The Bertz CT molecular complexity index is 336. The number of nitrogens with zero attached hydrogens (tertiary/aromatic N) is 1. The molecule has 0 aromatic heterocycles. The molecule has 0 atom stereocenters. The molecule has 1 aromatic rings. The average Bonchev–Trinajstić information content (AvgIpc) is 2.03. The van der Waals surface area contributed by atoms with Crippen molar-refractivity contribution in [3.63, 3.8) is 0 Å². The second-order valence-corrected chi connectivity index (χ2v) is 3.26. The van der Waals surface area contributed by atoms with Crippen LogP contribution in [-0.4, -0.2) is 6.10 Å². The van der Waals surface area contributed by atoms with Crippen LogP contribution in [0.1, 0.15) is 25.0 Å². The maximum absolute atomic E-state index is 8.70. The van der Waals surface area contributed by atoms with Crippen LogP contribution in [0.5, 0.6) is 5.75 Å². The summed E-state index contributed by atoms with van der Waals surface area (Å²) in [6.45, 7) is 5.87. The summed E-state index contributed by atoms with van der Waals surface area (Å²) in [6, 6.07) is 7.62. The van der Waals surface area contributed by atoms with E-state index in [1.807, 2.05) is 32.9 Å². The topological polar surface area (TPSA) is 33.0 Å². The number of rotatable bonds is 2. The van der Waals surface area contributed by atoms with Gasteiger partial charge in [-0.25, -0.2) is 0 Å². The smallest absolute Gasteiger partial charge is 0.120 e. The molecule has 0 saturated carbocycles. The fourth-order valence-corrected chi connectivity index (χ4v) is 1.11. The van der Waals surface area contributed by atoms with Crippen molar-refractivity contribution in [2.24, 2.45) is 0 Å². The Balaban J connectivity index is 2.91. The van der Waals surface area contributed by atoms with E-state index in [1.165, 1.54) is 0 Å². The summed E-state index contributed by atoms with van der Waals surface area (Å²) in [7, 11) is 0. The zero-order valence-corrected chi connectivity index (χ0v) is 8.16. The Labute approximate surface area is 78.8 Å². The molecule has 13 heavy (non-hydrogen) atoms. The molecule has 0 spiro atoms. The van der Waals surface area contributed by atoms with Crippen LogP contribution in [0.2, 0.25) is 0 Å². The third-order valence-electron chi connectivity index (χ3n) is 1.69. The summed E-state index contributed by atoms with van der Waals surface area (Å²) < 4.78 is 5.49. The highest BCUT2D eigenvalue weighted by atomic mass is 16.5. The first-order valence-corrected chi connectivity index (χ1v) is 4.31. The lowest BCUT2D eigenvalue weighted by Crippen LogP contribution is -2.05. The van der Waals surface area contributed by atoms with E-state index in [9.17, 15) is 0 Å². The molecular weight excluding hydrogens is 162 g/mol. The van der Waals surface area contributed by atoms with Crippen LogP contribution in [0.25, 0.3) is 0 Å². The van der Waals surface area contributed by atoms with E-state index in [4.69, 9.17) is 10.00 Å². The van der Waals surface area contributed by atoms with Crippen molar-refractivity contribution in [2.45, 2.75) is 26.9 Å². The van der Waals surface area contributed by atoms with Crippen LogP contribution in [0.4, 0.5) is 0 Å². The molecule has 0 aliphatic rings. The van der Waals surface area contributed by atoms with Gasteiger partial charge in [-0.15, -0.1) is 0 Å². The van der Waals surface area contributed by atoms with E-state index >= 15 is 0 Å². The molecule has 2 nitrogen and oxygen atoms in total. The van der Waals surface area contributed by atoms with Gasteiger partial charge in [-0.05, 0) is 44.5 Å². The van der Waals surface area contributed by atoms with Gasteiger partial charge in [0.2, 0.25) is 0 Å². The average molecular weight is 175 g/mol. The number of benzene rings is 1. The fraction of sp³-hybridized carbons (Fsp3) is 0.364. The fourth-order valence-electron chi connectivity index (χ4n) is 1.11. The Morgan fingerprint density at radius 2 is 2.08 bits per heavy atom. The lowest BCUT2D eigenvalue weighted by Gasteiger charge is -2.10. The molecule has 1 aromatic carbocycles. The van der Waals surface area contributed by atoms with Crippen molar-refractivity contribution in [2.75, 3.05) is 0 Å². The number of nitriles is 1. The van der Waals surface area contributed by atoms with Crippen LogP contribution in [0.15, 0.2) is 18.2 Å². The summed E-state index contributed by atoms with van der Waals surface area (Å²) in [5.41, 5.74) is 1.66. The van der Waals surface area contributed by atoms with Gasteiger partial charge in [0.25, 0.3) is 0 Å². The van der Waals surface area contributed by atoms with Crippen LogP contribution in [-0.2, 0) is 0 Å². The van der Waals surface area contributed by atoms with E-state index < -0.39 is 0 Å². The lowest BCUT2D eigenvalue weighted by atomic mass is 10.1. The highest BCUT2D eigenvalue weighted by Gasteiger charge is 2.01. The first-order valence-electron chi connectivity index (χ1n) is 4.31. The van der Waals surface area contributed by atoms with Crippen LogP contribution >= 0.6 is 0 Å². The summed E-state index contributed by atoms with van der Waals surface area (Å²) in [5.74, 6) is 0.825. The minimum absolute atomic E-state index is 0.173. The normalized spacial score (nSPS) is 9.77. The standard InChI is InChI=1S/C11H13NO/c1-8(2)13-11-5-4-10(7-12)9(3)6-11/h4-6,8H,1-3H3. The highest BCUT2D eigenvalue weighted by molar-refractivity contribution is 5.41. The second kappa shape index (κ2) is 3.95. The molecule has 0 amide bonds. The number of aryl methyl sites for hydroxylation is 1. The van der Waals surface area contributed by atoms with Gasteiger partial charge in [-0.3, -0.25) is 0 Å². The van der Waals surface area contributed by atoms with Gasteiger partial charge >= 0.3 is 0 Å². The van der Waals surface area contributed by atoms with Gasteiger partial charge in [0.15, 0.2) is 0 Å². The summed E-state index contributed by atoms with van der Waals surface area (Å²) in [4.78, 5) is 0. The Morgan fingerprint density at radius 3 is 2.54 bits per heavy atom. The minimum atomic E-state index is 0.173. The quantitative estimate of drug-likeness (QED) is 0.692. The molecule has 0 saturated heterocycles. The molecule has 0 fully saturated rings. The molecule has 0 heterocycles. The largest absolute Gasteiger partial charge is 0.491 e. The van der Waals surface area contributed by atoms with Crippen molar-refractivity contribution >= 4 is 0 Å². The molecule has 68 valence electrons. The van der Waals surface area contributed by atoms with E-state index in [1.54, 1.807) is 6.07 Å². The van der Waals surface area contributed by atoms with Crippen molar-refractivity contribution < 1.29 is 4.74 Å². The summed E-state index contributed by atoms with van der Waals surface area (Å²) >= 11 is 0. The van der Waals surface area contributed by atoms with Crippen LogP contribution in [0.3, 0.4) is 0 Å². The van der Waals surface area contributed by atoms with E-state index in [2.05, 4.69) is 6.07 Å². The Hall–Kier alpha value is -1.49. The van der Waals surface area contributed by atoms with Crippen LogP contribution in [0, 0.1) is 18.3 Å². The van der Waals surface area contributed by atoms with Gasteiger partial charge in [-0.2, -0.15) is 5.26 Å². The van der Waals surface area contributed by atoms with Gasteiger partial charge in [0, 0.05) is 0 Å². The molecule has 2 heteroatoms. The number of ether oxygens (including phenoxy) is 1. The lowest BCUT2D eigenvalue weighted by molar-refractivity contribution is 0.242. The molecule has 0 aliphatic carbocycles. The number of hydrogen-bond acceptors (Lipinski definition) is 2. The van der Waals surface area contributed by atoms with Gasteiger partial charge in [-0.1, -0.05) is 0 Å². The van der Waals surface area contributed by atoms with E-state index in [-0.39, 0.29) is 6.10 Å². The molecule has 1 rings (SSSR count). The van der Waals surface area contributed by atoms with Crippen molar-refractivity contribution in [3.05, 3.63) is 29.3 Å². The Morgan fingerprint density at radius 1 is 1.38 bits per heavy atom. The third-order valence-corrected chi connectivity index (χ3v) is 1.69. The van der Waals surface area contributed by atoms with Gasteiger partial charge in [0.05, 0.1) is 17.7 Å². The van der Waals surface area contributed by atoms with Crippen molar-refractivity contribution in [1.29, 1.82) is 5.26 Å². The predicted octanol–water partition coefficient (Wildman–Crippen LogP) is 2.65. The maximum atomic E-state index is 8.70. The maximum Gasteiger partial charge on any atom is 0.120 e. The molecular formula is C11H13NO. The zero-order valence-electron chi connectivity index (χ0n) is 8.16. The third kappa shape index (κ3) is 2.48. The molecule has 0 N–H and O–H groups in total. The first kappa shape index (κ1) is 9.60. The van der Waals surface area contributed by atoms with E-state index in [0.717, 1.165) is 11.3 Å². The number of hydrogen-bond donors (Lipinski definition) is 0. The van der Waals surface area contributed by atoms with Crippen LogP contribution < -0.4 is 4.74 Å². The molecule has 0 unspecified atom stereocenters. The minimum Gasteiger partial charge on any atom is -0.491 e. The van der Waals surface area contributed by atoms with Crippen molar-refractivity contribution in [1.82, 2.24) is 0 Å². The second-order valence-electron chi connectivity index (χ2n) is 3.26. The summed E-state index contributed by atoms with van der Waals surface area (Å²) in [6.07, 6.45) is 0.173. The summed E-state index contributed by atoms with van der Waals surface area (Å²) in [5, 5.41) is 8.70. The van der Waals surface area contributed by atoms with Gasteiger partial charge in [0.1, 0.15) is 5.75 Å². The Kier molecular flexibility index (Phi) is 2.92. The molecule has 0 radical (unpaired) electrons. The van der Waals surface area contributed by atoms with Gasteiger partial charge < -0.3 is 4.74 Å². The first-order chi connectivity index (χ1) is 6.13. The predicted molar refractivity (Wildman–Crippen MR) is 51.7 cm³/mol. The highest BCUT2D eigenvalue weighted by Crippen LogP contribution is 2.17.